The average Bonchev–Trinajstić information content (AvgIpc) is 3.10. The van der Waals surface area contributed by atoms with Crippen molar-refractivity contribution in [2.45, 2.75) is 12.8 Å². The van der Waals surface area contributed by atoms with Gasteiger partial charge in [-0.15, -0.1) is 0 Å². The maximum atomic E-state index is 12.1. The average molecular weight is 310 g/mol. The summed E-state index contributed by atoms with van der Waals surface area (Å²) in [4.78, 5) is 20.3. The number of rotatable bonds is 1. The zero-order chi connectivity index (χ0) is 13.9. The monoisotopic (exact) mass is 309 g/mol. The van der Waals surface area contributed by atoms with Crippen LogP contribution in [0.25, 0.3) is 0 Å². The summed E-state index contributed by atoms with van der Waals surface area (Å²) >= 11 is 7.54. The fourth-order valence-electron chi connectivity index (χ4n) is 2.42. The summed E-state index contributed by atoms with van der Waals surface area (Å²) in [6, 6.07) is 7.54. The van der Waals surface area contributed by atoms with Gasteiger partial charge in [-0.1, -0.05) is 23.4 Å². The van der Waals surface area contributed by atoms with E-state index in [1.807, 2.05) is 29.2 Å². The molecule has 0 spiro atoms. The second kappa shape index (κ2) is 6.06. The Bertz CT molecular complexity index is 526. The van der Waals surface area contributed by atoms with E-state index in [0.717, 1.165) is 49.1 Å². The van der Waals surface area contributed by atoms with E-state index >= 15 is 0 Å². The van der Waals surface area contributed by atoms with Crippen molar-refractivity contribution in [1.29, 1.82) is 0 Å². The molecule has 2 aliphatic heterocycles. The smallest absolute Gasteiger partial charge is 0.323 e. The second-order valence-electron chi connectivity index (χ2n) is 4.85. The first-order chi connectivity index (χ1) is 9.74. The lowest BCUT2D eigenvalue weighted by Crippen LogP contribution is -2.29. The lowest BCUT2D eigenvalue weighted by Gasteiger charge is -2.19. The SMILES string of the molecule is O=C(N=C1SCCN1c1ccc(Cl)cc1)N1CCCC1. The predicted octanol–water partition coefficient (Wildman–Crippen LogP) is 3.47. The minimum absolute atomic E-state index is 0.106. The molecule has 0 saturated carbocycles. The van der Waals surface area contributed by atoms with Crippen LogP contribution in [-0.2, 0) is 0 Å². The van der Waals surface area contributed by atoms with Gasteiger partial charge in [-0.2, -0.15) is 4.99 Å². The highest BCUT2D eigenvalue weighted by Crippen LogP contribution is 2.27. The van der Waals surface area contributed by atoms with Crippen LogP contribution >= 0.6 is 23.4 Å². The van der Waals surface area contributed by atoms with Gasteiger partial charge in [0.1, 0.15) is 0 Å². The van der Waals surface area contributed by atoms with E-state index in [0.29, 0.717) is 5.02 Å². The van der Waals surface area contributed by atoms with Crippen LogP contribution in [0.2, 0.25) is 5.02 Å². The molecule has 2 heterocycles. The van der Waals surface area contributed by atoms with Crippen LogP contribution in [0.3, 0.4) is 0 Å². The molecular weight excluding hydrogens is 294 g/mol. The molecule has 0 aromatic heterocycles. The molecule has 20 heavy (non-hydrogen) atoms. The van der Waals surface area contributed by atoms with Crippen molar-refractivity contribution in [2.24, 2.45) is 4.99 Å². The van der Waals surface area contributed by atoms with Gasteiger partial charge in [0.25, 0.3) is 0 Å². The summed E-state index contributed by atoms with van der Waals surface area (Å²) < 4.78 is 0. The molecule has 0 radical (unpaired) electrons. The Morgan fingerprint density at radius 1 is 1.15 bits per heavy atom. The Balaban J connectivity index is 1.77. The lowest BCUT2D eigenvalue weighted by molar-refractivity contribution is 0.219. The van der Waals surface area contributed by atoms with Crippen molar-refractivity contribution in [3.63, 3.8) is 0 Å². The number of amides is 2. The van der Waals surface area contributed by atoms with Crippen LogP contribution in [0, 0.1) is 0 Å². The molecule has 2 saturated heterocycles. The summed E-state index contributed by atoms with van der Waals surface area (Å²) in [6.45, 7) is 2.54. The predicted molar refractivity (Wildman–Crippen MR) is 84.9 cm³/mol. The summed E-state index contributed by atoms with van der Waals surface area (Å²) in [5.74, 6) is 0.953. The van der Waals surface area contributed by atoms with Gasteiger partial charge in [0, 0.05) is 36.1 Å². The van der Waals surface area contributed by atoms with E-state index in [2.05, 4.69) is 9.89 Å². The largest absolute Gasteiger partial charge is 0.345 e. The van der Waals surface area contributed by atoms with Gasteiger partial charge in [0.05, 0.1) is 0 Å². The van der Waals surface area contributed by atoms with Gasteiger partial charge >= 0.3 is 6.03 Å². The maximum absolute atomic E-state index is 12.1. The molecule has 0 bridgehead atoms. The van der Waals surface area contributed by atoms with Gasteiger partial charge in [-0.05, 0) is 37.1 Å². The van der Waals surface area contributed by atoms with E-state index in [9.17, 15) is 4.79 Å². The first-order valence-corrected chi connectivity index (χ1v) is 8.14. The van der Waals surface area contributed by atoms with Gasteiger partial charge in [-0.3, -0.25) is 0 Å². The number of anilines is 1. The standard InChI is InChI=1S/C14H16ClN3OS/c15-11-3-5-12(6-4-11)18-9-10-20-14(18)16-13(19)17-7-1-2-8-17/h3-6H,1-2,7-10H2. The highest BCUT2D eigenvalue weighted by atomic mass is 35.5. The van der Waals surface area contributed by atoms with Crippen LogP contribution in [0.5, 0.6) is 0 Å². The third-order valence-corrected chi connectivity index (χ3v) is 4.69. The van der Waals surface area contributed by atoms with Crippen LogP contribution in [0.15, 0.2) is 29.3 Å². The number of amidine groups is 1. The molecule has 1 aromatic carbocycles. The maximum Gasteiger partial charge on any atom is 0.345 e. The molecule has 6 heteroatoms. The molecule has 1 aromatic rings. The third kappa shape index (κ3) is 2.94. The Morgan fingerprint density at radius 2 is 1.85 bits per heavy atom. The van der Waals surface area contributed by atoms with Crippen molar-refractivity contribution in [1.82, 2.24) is 4.90 Å². The molecule has 3 rings (SSSR count). The van der Waals surface area contributed by atoms with Crippen LogP contribution in [-0.4, -0.2) is 41.5 Å². The minimum atomic E-state index is -0.106. The zero-order valence-electron chi connectivity index (χ0n) is 11.1. The van der Waals surface area contributed by atoms with Gasteiger partial charge in [0.2, 0.25) is 0 Å². The molecule has 0 unspecified atom stereocenters. The molecule has 2 fully saturated rings. The van der Waals surface area contributed by atoms with Crippen molar-refractivity contribution in [2.75, 3.05) is 30.3 Å². The number of thioether (sulfide) groups is 1. The number of aliphatic imine (C=N–C) groups is 1. The number of likely N-dealkylation sites (tertiary alicyclic amines) is 1. The molecule has 2 aliphatic rings. The zero-order valence-corrected chi connectivity index (χ0v) is 12.7. The van der Waals surface area contributed by atoms with Crippen molar-refractivity contribution in [3.8, 4) is 0 Å². The number of carbonyl (C=O) groups excluding carboxylic acids is 1. The Kier molecular flexibility index (Phi) is 4.17. The van der Waals surface area contributed by atoms with Gasteiger partial charge < -0.3 is 9.80 Å². The van der Waals surface area contributed by atoms with E-state index in [1.54, 1.807) is 11.8 Å². The van der Waals surface area contributed by atoms with Crippen LogP contribution in [0.1, 0.15) is 12.8 Å². The number of hydrogen-bond donors (Lipinski definition) is 0. The fourth-order valence-corrected chi connectivity index (χ4v) is 3.49. The number of benzene rings is 1. The summed E-state index contributed by atoms with van der Waals surface area (Å²) in [7, 11) is 0. The number of halogens is 1. The van der Waals surface area contributed by atoms with Gasteiger partial charge in [0.15, 0.2) is 5.17 Å². The van der Waals surface area contributed by atoms with Crippen molar-refractivity contribution >= 4 is 40.2 Å². The lowest BCUT2D eigenvalue weighted by atomic mass is 10.3. The molecule has 2 amide bonds. The minimum Gasteiger partial charge on any atom is -0.323 e. The molecule has 106 valence electrons. The number of urea groups is 1. The molecule has 0 aliphatic carbocycles. The Hall–Kier alpha value is -1.20. The second-order valence-corrected chi connectivity index (χ2v) is 6.35. The summed E-state index contributed by atoms with van der Waals surface area (Å²) in [5.41, 5.74) is 1.03. The highest BCUT2D eigenvalue weighted by molar-refractivity contribution is 8.14. The molecular formula is C14H16ClN3OS. The van der Waals surface area contributed by atoms with Crippen LogP contribution in [0.4, 0.5) is 10.5 Å². The topological polar surface area (TPSA) is 35.9 Å². The number of nitrogens with zero attached hydrogens (tertiary/aromatic N) is 3. The van der Waals surface area contributed by atoms with E-state index in [-0.39, 0.29) is 6.03 Å². The highest BCUT2D eigenvalue weighted by Gasteiger charge is 2.24. The first kappa shape index (κ1) is 13.8. The Labute approximate surface area is 127 Å². The molecule has 4 nitrogen and oxygen atoms in total. The number of carbonyl (C=O) groups is 1. The third-order valence-electron chi connectivity index (χ3n) is 3.48. The van der Waals surface area contributed by atoms with Gasteiger partial charge in [-0.25, -0.2) is 4.79 Å². The van der Waals surface area contributed by atoms with E-state index in [1.165, 1.54) is 0 Å². The normalized spacial score (nSPS) is 20.9. The summed E-state index contributed by atoms with van der Waals surface area (Å²) in [5, 5.41) is 1.51. The molecule has 0 N–H and O–H groups in total. The van der Waals surface area contributed by atoms with Crippen LogP contribution < -0.4 is 4.90 Å². The quantitative estimate of drug-likeness (QED) is 0.797. The van der Waals surface area contributed by atoms with Crippen molar-refractivity contribution < 1.29 is 4.79 Å². The van der Waals surface area contributed by atoms with E-state index < -0.39 is 0 Å². The first-order valence-electron chi connectivity index (χ1n) is 6.77. The summed E-state index contributed by atoms with van der Waals surface area (Å²) in [6.07, 6.45) is 2.18. The molecule has 0 atom stereocenters. The fraction of sp³-hybridized carbons (Fsp3) is 0.429. The number of hydrogen-bond acceptors (Lipinski definition) is 2. The van der Waals surface area contributed by atoms with Crippen molar-refractivity contribution in [3.05, 3.63) is 29.3 Å². The van der Waals surface area contributed by atoms with E-state index in [4.69, 9.17) is 11.6 Å². The Morgan fingerprint density at radius 3 is 2.55 bits per heavy atom.